The molecular formula is C19H26N4O5. The first-order chi connectivity index (χ1) is 13.4. The number of dihydropyridines is 1. The number of aliphatic imine (C=N–C) groups is 1. The second-order valence-corrected chi connectivity index (χ2v) is 6.80. The van der Waals surface area contributed by atoms with Crippen LogP contribution < -0.4 is 16.0 Å². The van der Waals surface area contributed by atoms with Crippen LogP contribution in [-0.2, 0) is 24.9 Å². The zero-order chi connectivity index (χ0) is 20.4. The zero-order valence-electron chi connectivity index (χ0n) is 16.6. The fraction of sp³-hybridized carbons (Fsp3) is 0.526. The number of methoxy groups -OCH3 is 2. The van der Waals surface area contributed by atoms with Crippen molar-refractivity contribution >= 4 is 16.7 Å². The fourth-order valence-corrected chi connectivity index (χ4v) is 3.52. The summed E-state index contributed by atoms with van der Waals surface area (Å²) < 4.78 is 15.1. The third-order valence-electron chi connectivity index (χ3n) is 5.03. The maximum Gasteiger partial charge on any atom is 0.331 e. The number of hydrogen-bond acceptors (Lipinski definition) is 6. The van der Waals surface area contributed by atoms with Crippen molar-refractivity contribution in [3.63, 3.8) is 0 Å². The number of aryl methyl sites for hydroxylation is 1. The first-order valence-electron chi connectivity index (χ1n) is 9.18. The number of hydrogen-bond donors (Lipinski definition) is 1. The Morgan fingerprint density at radius 3 is 2.61 bits per heavy atom. The third-order valence-corrected chi connectivity index (χ3v) is 5.03. The van der Waals surface area contributed by atoms with Crippen LogP contribution in [0.15, 0.2) is 32.8 Å². The molecule has 28 heavy (non-hydrogen) atoms. The first-order valence-corrected chi connectivity index (χ1v) is 9.18. The Balaban J connectivity index is 2.14. The van der Waals surface area contributed by atoms with E-state index in [4.69, 9.17) is 14.6 Å². The minimum Gasteiger partial charge on any atom is -0.482 e. The van der Waals surface area contributed by atoms with Crippen molar-refractivity contribution in [2.24, 2.45) is 12.0 Å². The second-order valence-electron chi connectivity index (χ2n) is 6.80. The lowest BCUT2D eigenvalue weighted by molar-refractivity contribution is 0.123. The molecule has 1 aliphatic rings. The standard InChI is InChI=1S/C19H26N4O5/c1-12-15(27-3)7-6-13(20-12)11-23-16(28-4)10-14-17(23)18(25)22(8-5-9-24)19(26)21(14)2/h6-7,10,12,15,24H,5,8-9,11H2,1-4H3. The molecule has 2 aromatic heterocycles. The molecule has 0 bridgehead atoms. The summed E-state index contributed by atoms with van der Waals surface area (Å²) in [5.41, 5.74) is 0.826. The average molecular weight is 390 g/mol. The number of allylic oxidation sites excluding steroid dienone is 1. The van der Waals surface area contributed by atoms with E-state index in [-0.39, 0.29) is 25.3 Å². The van der Waals surface area contributed by atoms with Crippen LogP contribution in [0.2, 0.25) is 0 Å². The van der Waals surface area contributed by atoms with Gasteiger partial charge in [0.25, 0.3) is 5.56 Å². The van der Waals surface area contributed by atoms with Crippen molar-refractivity contribution in [1.82, 2.24) is 13.7 Å². The molecule has 2 atom stereocenters. The Morgan fingerprint density at radius 2 is 2.00 bits per heavy atom. The zero-order valence-corrected chi connectivity index (χ0v) is 16.6. The molecule has 9 nitrogen and oxygen atoms in total. The van der Waals surface area contributed by atoms with E-state index in [1.165, 1.54) is 11.7 Å². The highest BCUT2D eigenvalue weighted by Crippen LogP contribution is 2.23. The Morgan fingerprint density at radius 1 is 1.25 bits per heavy atom. The molecule has 152 valence electrons. The van der Waals surface area contributed by atoms with Crippen LogP contribution in [0.1, 0.15) is 13.3 Å². The maximum absolute atomic E-state index is 13.1. The van der Waals surface area contributed by atoms with Crippen molar-refractivity contribution in [3.05, 3.63) is 39.1 Å². The lowest BCUT2D eigenvalue weighted by Crippen LogP contribution is -2.40. The summed E-state index contributed by atoms with van der Waals surface area (Å²) >= 11 is 0. The minimum absolute atomic E-state index is 0.0385. The fourth-order valence-electron chi connectivity index (χ4n) is 3.52. The van der Waals surface area contributed by atoms with Crippen molar-refractivity contribution < 1.29 is 14.6 Å². The number of fused-ring (bicyclic) bond motifs is 1. The molecule has 0 aromatic carbocycles. The number of rotatable bonds is 7. The summed E-state index contributed by atoms with van der Waals surface area (Å²) in [6.07, 6.45) is 4.07. The van der Waals surface area contributed by atoms with Gasteiger partial charge in [-0.3, -0.25) is 18.9 Å². The number of aliphatic hydroxyl groups excluding tert-OH is 1. The molecule has 2 unspecified atom stereocenters. The Labute approximate surface area is 162 Å². The van der Waals surface area contributed by atoms with E-state index in [9.17, 15) is 9.59 Å². The Kier molecular flexibility index (Phi) is 5.85. The van der Waals surface area contributed by atoms with Crippen LogP contribution in [0.25, 0.3) is 11.0 Å². The second kappa shape index (κ2) is 8.15. The van der Waals surface area contributed by atoms with Gasteiger partial charge in [-0.15, -0.1) is 0 Å². The smallest absolute Gasteiger partial charge is 0.331 e. The molecule has 0 fully saturated rings. The molecule has 2 aromatic rings. The molecule has 0 spiro atoms. The van der Waals surface area contributed by atoms with E-state index in [1.807, 2.05) is 19.1 Å². The largest absolute Gasteiger partial charge is 0.482 e. The lowest BCUT2D eigenvalue weighted by Gasteiger charge is -2.21. The molecule has 9 heteroatoms. The topological polar surface area (TPSA) is 100.0 Å². The molecule has 0 saturated carbocycles. The molecule has 3 rings (SSSR count). The number of nitrogens with zero attached hydrogens (tertiary/aromatic N) is 4. The predicted octanol–water partition coefficient (Wildman–Crippen LogP) is 0.307. The third kappa shape index (κ3) is 3.43. The van der Waals surface area contributed by atoms with Crippen LogP contribution in [0, 0.1) is 0 Å². The van der Waals surface area contributed by atoms with E-state index in [2.05, 4.69) is 4.99 Å². The van der Waals surface area contributed by atoms with Crippen LogP contribution >= 0.6 is 0 Å². The summed E-state index contributed by atoms with van der Waals surface area (Å²) in [6.45, 7) is 2.35. The number of aromatic nitrogens is 3. The highest BCUT2D eigenvalue weighted by Gasteiger charge is 2.22. The van der Waals surface area contributed by atoms with Gasteiger partial charge in [0.15, 0.2) is 5.88 Å². The predicted molar refractivity (Wildman–Crippen MR) is 107 cm³/mol. The summed E-state index contributed by atoms with van der Waals surface area (Å²) in [4.78, 5) is 30.3. The molecule has 0 aliphatic carbocycles. The molecular weight excluding hydrogens is 364 g/mol. The Hall–Kier alpha value is -2.65. The Bertz CT molecular complexity index is 1040. The maximum atomic E-state index is 13.1. The van der Waals surface area contributed by atoms with Gasteiger partial charge < -0.3 is 19.1 Å². The van der Waals surface area contributed by atoms with Crippen LogP contribution in [0.5, 0.6) is 5.88 Å². The van der Waals surface area contributed by atoms with Gasteiger partial charge in [-0.1, -0.05) is 6.08 Å². The van der Waals surface area contributed by atoms with E-state index < -0.39 is 11.2 Å². The van der Waals surface area contributed by atoms with Crippen molar-refractivity contribution in [2.45, 2.75) is 38.6 Å². The average Bonchev–Trinajstić information content (AvgIpc) is 3.05. The minimum atomic E-state index is -0.419. The summed E-state index contributed by atoms with van der Waals surface area (Å²) in [5.74, 6) is 0.472. The molecule has 0 radical (unpaired) electrons. The normalized spacial score (nSPS) is 19.2. The van der Waals surface area contributed by atoms with Crippen LogP contribution in [0.3, 0.4) is 0 Å². The molecule has 0 saturated heterocycles. The van der Waals surface area contributed by atoms with Gasteiger partial charge in [-0.2, -0.15) is 0 Å². The van der Waals surface area contributed by atoms with E-state index >= 15 is 0 Å². The molecule has 1 N–H and O–H groups in total. The van der Waals surface area contributed by atoms with Gasteiger partial charge in [0.2, 0.25) is 0 Å². The molecule has 1 aliphatic heterocycles. The van der Waals surface area contributed by atoms with Crippen LogP contribution in [0.4, 0.5) is 0 Å². The van der Waals surface area contributed by atoms with Gasteiger partial charge >= 0.3 is 5.69 Å². The SMILES string of the molecule is COc1cc2c(c(=O)n(CCCO)c(=O)n2C)n1CC1=NC(C)C(OC)C=C1. The van der Waals surface area contributed by atoms with Gasteiger partial charge in [0.05, 0.1) is 37.0 Å². The van der Waals surface area contributed by atoms with E-state index in [0.717, 1.165) is 10.3 Å². The highest BCUT2D eigenvalue weighted by molar-refractivity contribution is 5.96. The first kappa shape index (κ1) is 20.1. The van der Waals surface area contributed by atoms with Gasteiger partial charge in [-0.25, -0.2) is 4.79 Å². The quantitative estimate of drug-likeness (QED) is 0.733. The van der Waals surface area contributed by atoms with E-state index in [1.54, 1.807) is 24.8 Å². The van der Waals surface area contributed by atoms with Crippen molar-refractivity contribution in [2.75, 3.05) is 20.8 Å². The lowest BCUT2D eigenvalue weighted by atomic mass is 10.1. The molecule has 0 amide bonds. The van der Waals surface area contributed by atoms with Gasteiger partial charge in [0, 0.05) is 33.4 Å². The van der Waals surface area contributed by atoms with Gasteiger partial charge in [-0.05, 0) is 19.4 Å². The van der Waals surface area contributed by atoms with E-state index in [0.29, 0.717) is 29.9 Å². The summed E-state index contributed by atoms with van der Waals surface area (Å²) in [6, 6.07) is 1.65. The van der Waals surface area contributed by atoms with Crippen molar-refractivity contribution in [3.8, 4) is 5.88 Å². The van der Waals surface area contributed by atoms with Gasteiger partial charge in [0.1, 0.15) is 5.52 Å². The van der Waals surface area contributed by atoms with Crippen LogP contribution in [-0.4, -0.2) is 57.5 Å². The van der Waals surface area contributed by atoms with Crippen molar-refractivity contribution in [1.29, 1.82) is 0 Å². The molecule has 3 heterocycles. The highest BCUT2D eigenvalue weighted by atomic mass is 16.5. The number of aliphatic hydroxyl groups is 1. The summed E-state index contributed by atoms with van der Waals surface area (Å²) in [7, 11) is 4.78. The summed E-state index contributed by atoms with van der Waals surface area (Å²) in [5, 5.41) is 9.09. The number of ether oxygens (including phenoxy) is 2. The monoisotopic (exact) mass is 390 g/mol.